The number of aryl methyl sites for hydroxylation is 1. The largest absolute Gasteiger partial charge is 0.497 e. The van der Waals surface area contributed by atoms with Crippen molar-refractivity contribution in [3.8, 4) is 5.75 Å². The van der Waals surface area contributed by atoms with Crippen LogP contribution in [0.1, 0.15) is 0 Å². The first-order valence-corrected chi connectivity index (χ1v) is 3.75. The van der Waals surface area contributed by atoms with Gasteiger partial charge in [0.1, 0.15) is 11.3 Å². The Hall–Kier alpha value is -1.65. The topological polar surface area (TPSA) is 39.9 Å². The van der Waals surface area contributed by atoms with Gasteiger partial charge in [-0.3, -0.25) is 0 Å². The standard InChI is InChI=1S/C8H8FN3O/c1-12-7-4-5(13-2)3-6(9)8(7)10-11-12/h3-4H,1-2H3. The first kappa shape index (κ1) is 7.97. The van der Waals surface area contributed by atoms with E-state index in [-0.39, 0.29) is 5.52 Å². The maximum absolute atomic E-state index is 13.3. The van der Waals surface area contributed by atoms with Gasteiger partial charge >= 0.3 is 0 Å². The lowest BCUT2D eigenvalue weighted by molar-refractivity contribution is 0.412. The summed E-state index contributed by atoms with van der Waals surface area (Å²) in [5, 5.41) is 7.38. The molecule has 1 aromatic heterocycles. The molecule has 0 amide bonds. The zero-order valence-corrected chi connectivity index (χ0v) is 7.28. The highest BCUT2D eigenvalue weighted by Crippen LogP contribution is 2.21. The Balaban J connectivity index is 2.80. The average molecular weight is 181 g/mol. The summed E-state index contributed by atoms with van der Waals surface area (Å²) in [6, 6.07) is 2.98. The summed E-state index contributed by atoms with van der Waals surface area (Å²) < 4.78 is 19.7. The molecule has 0 aliphatic carbocycles. The monoisotopic (exact) mass is 181 g/mol. The predicted molar refractivity (Wildman–Crippen MR) is 45.0 cm³/mol. The quantitative estimate of drug-likeness (QED) is 0.661. The number of fused-ring (bicyclic) bond motifs is 1. The molecule has 0 radical (unpaired) electrons. The van der Waals surface area contributed by atoms with Crippen LogP contribution in [0.15, 0.2) is 12.1 Å². The van der Waals surface area contributed by atoms with Crippen molar-refractivity contribution in [2.75, 3.05) is 7.11 Å². The van der Waals surface area contributed by atoms with E-state index in [0.717, 1.165) is 0 Å². The van der Waals surface area contributed by atoms with E-state index in [1.165, 1.54) is 17.9 Å². The van der Waals surface area contributed by atoms with Crippen molar-refractivity contribution in [2.45, 2.75) is 0 Å². The molecule has 0 N–H and O–H groups in total. The molecule has 0 fully saturated rings. The zero-order valence-electron chi connectivity index (χ0n) is 7.28. The molecule has 0 spiro atoms. The summed E-state index contributed by atoms with van der Waals surface area (Å²) in [6.07, 6.45) is 0. The van der Waals surface area contributed by atoms with Crippen LogP contribution in [0.4, 0.5) is 4.39 Å². The van der Waals surface area contributed by atoms with Gasteiger partial charge in [-0.05, 0) is 0 Å². The highest BCUT2D eigenvalue weighted by Gasteiger charge is 2.09. The number of hydrogen-bond donors (Lipinski definition) is 0. The molecular formula is C8H8FN3O. The van der Waals surface area contributed by atoms with Gasteiger partial charge in [-0.1, -0.05) is 5.21 Å². The van der Waals surface area contributed by atoms with E-state index in [1.54, 1.807) is 13.1 Å². The van der Waals surface area contributed by atoms with Gasteiger partial charge in [0, 0.05) is 19.2 Å². The molecule has 68 valence electrons. The van der Waals surface area contributed by atoms with Crippen LogP contribution in [0, 0.1) is 5.82 Å². The van der Waals surface area contributed by atoms with Gasteiger partial charge in [-0.15, -0.1) is 5.10 Å². The van der Waals surface area contributed by atoms with Crippen molar-refractivity contribution in [3.63, 3.8) is 0 Å². The van der Waals surface area contributed by atoms with Gasteiger partial charge in [0.2, 0.25) is 0 Å². The second-order valence-electron chi connectivity index (χ2n) is 2.69. The lowest BCUT2D eigenvalue weighted by atomic mass is 10.3. The SMILES string of the molecule is COc1cc(F)c2nnn(C)c2c1. The Labute approximate surface area is 73.9 Å². The van der Waals surface area contributed by atoms with Crippen LogP contribution in [-0.2, 0) is 7.05 Å². The Morgan fingerprint density at radius 3 is 2.92 bits per heavy atom. The van der Waals surface area contributed by atoms with Crippen LogP contribution >= 0.6 is 0 Å². The molecule has 0 saturated heterocycles. The fourth-order valence-corrected chi connectivity index (χ4v) is 1.18. The molecule has 0 unspecified atom stereocenters. The number of rotatable bonds is 1. The molecule has 13 heavy (non-hydrogen) atoms. The molecule has 0 aliphatic heterocycles. The van der Waals surface area contributed by atoms with Crippen molar-refractivity contribution < 1.29 is 9.13 Å². The number of hydrogen-bond acceptors (Lipinski definition) is 3. The number of benzene rings is 1. The number of methoxy groups -OCH3 is 1. The van der Waals surface area contributed by atoms with Crippen molar-refractivity contribution in [3.05, 3.63) is 17.9 Å². The maximum atomic E-state index is 13.3. The zero-order chi connectivity index (χ0) is 9.42. The molecule has 0 saturated carbocycles. The van der Waals surface area contributed by atoms with Crippen molar-refractivity contribution in [1.29, 1.82) is 0 Å². The minimum absolute atomic E-state index is 0.267. The lowest BCUT2D eigenvalue weighted by Crippen LogP contribution is -1.91. The molecule has 2 rings (SSSR count). The van der Waals surface area contributed by atoms with Crippen molar-refractivity contribution in [2.24, 2.45) is 7.05 Å². The van der Waals surface area contributed by atoms with Crippen LogP contribution in [0.25, 0.3) is 11.0 Å². The minimum atomic E-state index is -0.414. The van der Waals surface area contributed by atoms with E-state index in [1.807, 2.05) is 0 Å². The van der Waals surface area contributed by atoms with Crippen molar-refractivity contribution in [1.82, 2.24) is 15.0 Å². The highest BCUT2D eigenvalue weighted by atomic mass is 19.1. The number of halogens is 1. The molecule has 0 bridgehead atoms. The minimum Gasteiger partial charge on any atom is -0.497 e. The lowest BCUT2D eigenvalue weighted by Gasteiger charge is -1.99. The highest BCUT2D eigenvalue weighted by molar-refractivity contribution is 5.76. The summed E-state index contributed by atoms with van der Waals surface area (Å²) in [6.45, 7) is 0. The normalized spacial score (nSPS) is 10.7. The van der Waals surface area contributed by atoms with Crippen LogP contribution in [0.3, 0.4) is 0 Å². The second-order valence-corrected chi connectivity index (χ2v) is 2.69. The summed E-state index contributed by atoms with van der Waals surface area (Å²) in [7, 11) is 3.19. The van der Waals surface area contributed by atoms with Gasteiger partial charge in [0.05, 0.1) is 12.6 Å². The third kappa shape index (κ3) is 1.12. The van der Waals surface area contributed by atoms with Crippen molar-refractivity contribution >= 4 is 11.0 Å². The molecule has 1 heterocycles. The Morgan fingerprint density at radius 1 is 1.46 bits per heavy atom. The first-order chi connectivity index (χ1) is 6.22. The molecule has 4 nitrogen and oxygen atoms in total. The summed E-state index contributed by atoms with van der Waals surface area (Å²) in [5.41, 5.74) is 0.889. The Bertz CT molecular complexity index is 452. The van der Waals surface area contributed by atoms with Gasteiger partial charge in [0.25, 0.3) is 0 Å². The van der Waals surface area contributed by atoms with Gasteiger partial charge in [-0.25, -0.2) is 9.07 Å². The van der Waals surface area contributed by atoms with Crippen LogP contribution in [0.5, 0.6) is 5.75 Å². The van der Waals surface area contributed by atoms with E-state index >= 15 is 0 Å². The van der Waals surface area contributed by atoms with Gasteiger partial charge < -0.3 is 4.74 Å². The third-order valence-electron chi connectivity index (χ3n) is 1.88. The third-order valence-corrected chi connectivity index (χ3v) is 1.88. The first-order valence-electron chi connectivity index (χ1n) is 3.75. The fraction of sp³-hybridized carbons (Fsp3) is 0.250. The van der Waals surface area contributed by atoms with E-state index in [2.05, 4.69) is 10.3 Å². The molecule has 2 aromatic rings. The molecule has 1 aromatic carbocycles. The maximum Gasteiger partial charge on any atom is 0.156 e. The van der Waals surface area contributed by atoms with Crippen LogP contribution in [-0.4, -0.2) is 22.1 Å². The van der Waals surface area contributed by atoms with E-state index in [4.69, 9.17) is 4.74 Å². The summed E-state index contributed by atoms with van der Waals surface area (Å²) >= 11 is 0. The van der Waals surface area contributed by atoms with Crippen LogP contribution in [0.2, 0.25) is 0 Å². The molecule has 5 heteroatoms. The van der Waals surface area contributed by atoms with Crippen LogP contribution < -0.4 is 4.74 Å². The summed E-state index contributed by atoms with van der Waals surface area (Å²) in [4.78, 5) is 0. The van der Waals surface area contributed by atoms with Gasteiger partial charge in [0.15, 0.2) is 5.82 Å². The number of nitrogens with zero attached hydrogens (tertiary/aromatic N) is 3. The fourth-order valence-electron chi connectivity index (χ4n) is 1.18. The Kier molecular flexibility index (Phi) is 1.65. The molecule has 0 aliphatic rings. The molecular weight excluding hydrogens is 173 g/mol. The Morgan fingerprint density at radius 2 is 2.23 bits per heavy atom. The van der Waals surface area contributed by atoms with E-state index < -0.39 is 5.82 Å². The van der Waals surface area contributed by atoms with Gasteiger partial charge in [-0.2, -0.15) is 0 Å². The smallest absolute Gasteiger partial charge is 0.156 e. The molecule has 0 atom stereocenters. The predicted octanol–water partition coefficient (Wildman–Crippen LogP) is 1.12. The van der Waals surface area contributed by atoms with E-state index in [9.17, 15) is 4.39 Å². The number of aromatic nitrogens is 3. The average Bonchev–Trinajstić information content (AvgIpc) is 2.48. The number of ether oxygens (including phenoxy) is 1. The summed E-state index contributed by atoms with van der Waals surface area (Å²) in [5.74, 6) is 0.0536. The second kappa shape index (κ2) is 2.69. The van der Waals surface area contributed by atoms with E-state index in [0.29, 0.717) is 11.3 Å².